The molecule has 2 heterocycles. The zero-order valence-corrected chi connectivity index (χ0v) is 21.3. The first-order valence-electron chi connectivity index (χ1n) is 11.3. The zero-order valence-electron chi connectivity index (χ0n) is 20.4. The van der Waals surface area contributed by atoms with Crippen molar-refractivity contribution in [3.63, 3.8) is 0 Å². The van der Waals surface area contributed by atoms with Crippen molar-refractivity contribution in [3.05, 3.63) is 29.3 Å². The highest BCUT2D eigenvalue weighted by Crippen LogP contribution is 2.51. The van der Waals surface area contributed by atoms with Crippen LogP contribution in [0.1, 0.15) is 104 Å². The predicted molar refractivity (Wildman–Crippen MR) is 126 cm³/mol. The van der Waals surface area contributed by atoms with E-state index < -0.39 is 7.82 Å². The van der Waals surface area contributed by atoms with Gasteiger partial charge in [-0.3, -0.25) is 9.79 Å². The fourth-order valence-electron chi connectivity index (χ4n) is 6.63. The van der Waals surface area contributed by atoms with E-state index in [9.17, 15) is 14.4 Å². The lowest BCUT2D eigenvalue weighted by atomic mass is 9.67. The largest absolute Gasteiger partial charge is 0.524 e. The van der Waals surface area contributed by atoms with E-state index in [-0.39, 0.29) is 34.0 Å². The molecule has 0 saturated carbocycles. The molecule has 0 amide bonds. The smallest absolute Gasteiger partial charge is 0.404 e. The van der Waals surface area contributed by atoms with Gasteiger partial charge >= 0.3 is 7.82 Å². The zero-order chi connectivity index (χ0) is 23.5. The minimum Gasteiger partial charge on any atom is -0.404 e. The molecule has 2 aliphatic heterocycles. The average molecular weight is 453 g/mol. The molecule has 0 bridgehead atoms. The summed E-state index contributed by atoms with van der Waals surface area (Å²) in [5.74, 6) is 0.756. The van der Waals surface area contributed by atoms with E-state index in [1.807, 2.05) is 6.07 Å². The second-order valence-corrected chi connectivity index (χ2v) is 13.5. The van der Waals surface area contributed by atoms with E-state index >= 15 is 0 Å². The monoisotopic (exact) mass is 452 g/mol. The SMILES string of the molecule is CC1(C)CC(c2cccc(OP(=O)(O)O)c2C2CC(C)(C)NC(C)(C)C2)CC(C)(C)N1. The summed E-state index contributed by atoms with van der Waals surface area (Å²) in [5, 5.41) is 7.46. The molecule has 2 saturated heterocycles. The normalized spacial score (nSPS) is 25.9. The van der Waals surface area contributed by atoms with Gasteiger partial charge in [-0.05, 0) is 105 Å². The minimum absolute atomic E-state index is 0.0313. The second kappa shape index (κ2) is 7.85. The highest BCUT2D eigenvalue weighted by Gasteiger charge is 2.43. The molecule has 7 heteroatoms. The van der Waals surface area contributed by atoms with Crippen molar-refractivity contribution in [1.82, 2.24) is 10.6 Å². The molecule has 0 radical (unpaired) electrons. The summed E-state index contributed by atoms with van der Waals surface area (Å²) in [7, 11) is -4.67. The van der Waals surface area contributed by atoms with Crippen molar-refractivity contribution in [1.29, 1.82) is 0 Å². The summed E-state index contributed by atoms with van der Waals surface area (Å²) in [6.45, 7) is 17.7. The second-order valence-electron chi connectivity index (χ2n) is 12.3. The summed E-state index contributed by atoms with van der Waals surface area (Å²) < 4.78 is 17.1. The molecule has 3 rings (SSSR count). The van der Waals surface area contributed by atoms with Crippen LogP contribution in [0.25, 0.3) is 0 Å². The number of benzene rings is 1. The Hall–Kier alpha value is -0.910. The van der Waals surface area contributed by atoms with Crippen molar-refractivity contribution in [2.75, 3.05) is 0 Å². The summed E-state index contributed by atoms with van der Waals surface area (Å²) in [5.41, 5.74) is 1.91. The lowest BCUT2D eigenvalue weighted by Crippen LogP contribution is -2.58. The number of hydrogen-bond acceptors (Lipinski definition) is 4. The summed E-state index contributed by atoms with van der Waals surface area (Å²) >= 11 is 0. The average Bonchev–Trinajstić information content (AvgIpc) is 2.46. The van der Waals surface area contributed by atoms with Gasteiger partial charge in [0.25, 0.3) is 0 Å². The van der Waals surface area contributed by atoms with E-state index in [1.54, 1.807) is 6.07 Å². The Bertz CT molecular complexity index is 840. The molecule has 31 heavy (non-hydrogen) atoms. The van der Waals surface area contributed by atoms with E-state index in [0.29, 0.717) is 5.75 Å². The van der Waals surface area contributed by atoms with Crippen molar-refractivity contribution in [3.8, 4) is 5.75 Å². The van der Waals surface area contributed by atoms with Gasteiger partial charge in [0.05, 0.1) is 0 Å². The van der Waals surface area contributed by atoms with Gasteiger partial charge in [0.2, 0.25) is 0 Å². The third-order valence-electron chi connectivity index (χ3n) is 6.55. The first kappa shape index (κ1) is 24.7. The quantitative estimate of drug-likeness (QED) is 0.469. The molecule has 0 spiro atoms. The third-order valence-corrected chi connectivity index (χ3v) is 6.98. The van der Waals surface area contributed by atoms with Gasteiger partial charge in [-0.2, -0.15) is 0 Å². The number of phosphoric acid groups is 1. The van der Waals surface area contributed by atoms with Crippen LogP contribution in [0, 0.1) is 0 Å². The Balaban J connectivity index is 2.14. The fourth-order valence-corrected chi connectivity index (χ4v) is 7.05. The summed E-state index contributed by atoms with van der Waals surface area (Å²) in [4.78, 5) is 19.3. The fraction of sp³-hybridized carbons (Fsp3) is 0.750. The molecule has 0 unspecified atom stereocenters. The van der Waals surface area contributed by atoms with Crippen LogP contribution in [0.3, 0.4) is 0 Å². The van der Waals surface area contributed by atoms with Gasteiger partial charge < -0.3 is 15.2 Å². The van der Waals surface area contributed by atoms with Crippen LogP contribution < -0.4 is 15.2 Å². The highest BCUT2D eigenvalue weighted by atomic mass is 31.2. The van der Waals surface area contributed by atoms with Crippen LogP contribution in [-0.4, -0.2) is 31.9 Å². The molecule has 2 fully saturated rings. The molecular formula is C24H41N2O4P. The van der Waals surface area contributed by atoms with E-state index in [1.165, 1.54) is 5.56 Å². The Morgan fingerprint density at radius 1 is 0.806 bits per heavy atom. The van der Waals surface area contributed by atoms with Crippen molar-refractivity contribution >= 4 is 7.82 Å². The standard InChI is InChI=1S/C24H41N2O4P/c1-21(2)12-16(13-22(3,4)25-21)18-10-9-11-19(30-31(27,28)29)20(18)17-14-23(5,6)26-24(7,8)15-17/h9-11,16-17,25-26H,12-15H2,1-8H3,(H2,27,28,29). The van der Waals surface area contributed by atoms with Gasteiger partial charge in [-0.1, -0.05) is 12.1 Å². The van der Waals surface area contributed by atoms with Gasteiger partial charge in [0.15, 0.2) is 0 Å². The molecule has 0 aliphatic carbocycles. The van der Waals surface area contributed by atoms with Gasteiger partial charge in [-0.15, -0.1) is 0 Å². The summed E-state index contributed by atoms with van der Waals surface area (Å²) in [6, 6.07) is 5.74. The Morgan fingerprint density at radius 2 is 1.23 bits per heavy atom. The maximum absolute atomic E-state index is 11.8. The van der Waals surface area contributed by atoms with Crippen LogP contribution >= 0.6 is 7.82 Å². The molecule has 6 nitrogen and oxygen atoms in total. The molecule has 1 aromatic carbocycles. The molecule has 0 aromatic heterocycles. The lowest BCUT2D eigenvalue weighted by Gasteiger charge is -2.49. The van der Waals surface area contributed by atoms with Crippen LogP contribution in [0.2, 0.25) is 0 Å². The van der Waals surface area contributed by atoms with E-state index in [0.717, 1.165) is 31.2 Å². The number of hydrogen-bond donors (Lipinski definition) is 4. The highest BCUT2D eigenvalue weighted by molar-refractivity contribution is 7.46. The first-order valence-corrected chi connectivity index (χ1v) is 12.9. The lowest BCUT2D eigenvalue weighted by molar-refractivity contribution is 0.152. The van der Waals surface area contributed by atoms with E-state index in [2.05, 4.69) is 72.1 Å². The van der Waals surface area contributed by atoms with Gasteiger partial charge in [-0.25, -0.2) is 4.57 Å². The molecule has 2 aliphatic rings. The topological polar surface area (TPSA) is 90.8 Å². The maximum Gasteiger partial charge on any atom is 0.524 e. The summed E-state index contributed by atoms with van der Waals surface area (Å²) in [6.07, 6.45) is 3.67. The predicted octanol–water partition coefficient (Wildman–Crippen LogP) is 5.21. The van der Waals surface area contributed by atoms with Crippen molar-refractivity contribution in [2.45, 2.75) is 115 Å². The van der Waals surface area contributed by atoms with Crippen LogP contribution in [0.15, 0.2) is 18.2 Å². The Morgan fingerprint density at radius 3 is 1.65 bits per heavy atom. The molecule has 0 atom stereocenters. The van der Waals surface area contributed by atoms with Crippen LogP contribution in [-0.2, 0) is 4.57 Å². The van der Waals surface area contributed by atoms with Gasteiger partial charge in [0, 0.05) is 27.7 Å². The Labute approximate surface area is 187 Å². The number of rotatable bonds is 4. The van der Waals surface area contributed by atoms with Crippen LogP contribution in [0.5, 0.6) is 5.75 Å². The molecule has 176 valence electrons. The molecule has 1 aromatic rings. The van der Waals surface area contributed by atoms with E-state index in [4.69, 9.17) is 4.52 Å². The maximum atomic E-state index is 11.8. The first-order chi connectivity index (χ1) is 13.9. The Kier molecular flexibility index (Phi) is 6.26. The minimum atomic E-state index is -4.67. The number of piperidine rings is 2. The third kappa shape index (κ3) is 6.33. The van der Waals surface area contributed by atoms with Crippen molar-refractivity contribution < 1.29 is 18.9 Å². The number of nitrogens with one attached hydrogen (secondary N) is 2. The molecular weight excluding hydrogens is 411 g/mol. The van der Waals surface area contributed by atoms with Crippen molar-refractivity contribution in [2.24, 2.45) is 0 Å². The molecule has 4 N–H and O–H groups in total. The van der Waals surface area contributed by atoms with Crippen LogP contribution in [0.4, 0.5) is 0 Å². The van der Waals surface area contributed by atoms with Gasteiger partial charge in [0.1, 0.15) is 5.75 Å². The number of phosphoric ester groups is 1.